The molecular formula is C17H19N3O5. The molecule has 0 aliphatic carbocycles. The number of hydrogen-bond acceptors (Lipinski definition) is 5. The second-order valence-electron chi connectivity index (χ2n) is 6.63. The van der Waals surface area contributed by atoms with Gasteiger partial charge in [0, 0.05) is 19.5 Å². The van der Waals surface area contributed by atoms with E-state index in [4.69, 9.17) is 0 Å². The molecule has 0 saturated carbocycles. The zero-order valence-corrected chi connectivity index (χ0v) is 13.8. The second kappa shape index (κ2) is 6.19. The number of nitrogens with zero attached hydrogens (tertiary/aromatic N) is 3. The summed E-state index contributed by atoms with van der Waals surface area (Å²) in [5.74, 6) is -2.40. The number of benzene rings is 1. The SMILES string of the molecule is CC1(C(=O)O)CCN(C(=O)C2=NN(c3ccccc3)C(C(=O)O)C2)C1. The van der Waals surface area contributed by atoms with Crippen LogP contribution in [0.2, 0.25) is 0 Å². The predicted octanol–water partition coefficient (Wildman–Crippen LogP) is 1.03. The number of anilines is 1. The first-order valence-corrected chi connectivity index (χ1v) is 7.99. The quantitative estimate of drug-likeness (QED) is 0.843. The molecule has 1 amide bonds. The summed E-state index contributed by atoms with van der Waals surface area (Å²) in [5, 5.41) is 24.3. The zero-order valence-electron chi connectivity index (χ0n) is 13.8. The van der Waals surface area contributed by atoms with Gasteiger partial charge in [-0.15, -0.1) is 0 Å². The van der Waals surface area contributed by atoms with E-state index in [-0.39, 0.29) is 18.7 Å². The Morgan fingerprint density at radius 3 is 2.44 bits per heavy atom. The minimum Gasteiger partial charge on any atom is -0.481 e. The number of likely N-dealkylation sites (tertiary alicyclic amines) is 1. The van der Waals surface area contributed by atoms with E-state index >= 15 is 0 Å². The van der Waals surface area contributed by atoms with Gasteiger partial charge in [-0.3, -0.25) is 14.6 Å². The zero-order chi connectivity index (χ0) is 18.2. The van der Waals surface area contributed by atoms with Crippen LogP contribution in [0.15, 0.2) is 35.4 Å². The van der Waals surface area contributed by atoms with Crippen LogP contribution in [0.1, 0.15) is 19.8 Å². The van der Waals surface area contributed by atoms with Crippen LogP contribution in [0.25, 0.3) is 0 Å². The van der Waals surface area contributed by atoms with E-state index in [9.17, 15) is 24.6 Å². The lowest BCUT2D eigenvalue weighted by atomic mass is 9.90. The maximum Gasteiger partial charge on any atom is 0.328 e. The lowest BCUT2D eigenvalue weighted by molar-refractivity contribution is -0.147. The molecule has 8 nitrogen and oxygen atoms in total. The number of amides is 1. The van der Waals surface area contributed by atoms with E-state index in [1.807, 2.05) is 6.07 Å². The molecule has 8 heteroatoms. The van der Waals surface area contributed by atoms with Gasteiger partial charge in [-0.2, -0.15) is 5.10 Å². The van der Waals surface area contributed by atoms with Crippen molar-refractivity contribution in [1.29, 1.82) is 0 Å². The summed E-state index contributed by atoms with van der Waals surface area (Å²) >= 11 is 0. The van der Waals surface area contributed by atoms with Crippen LogP contribution < -0.4 is 5.01 Å². The summed E-state index contributed by atoms with van der Waals surface area (Å²) in [4.78, 5) is 37.0. The summed E-state index contributed by atoms with van der Waals surface area (Å²) in [5.41, 5.74) is -0.236. The summed E-state index contributed by atoms with van der Waals surface area (Å²) in [6, 6.07) is 7.84. The van der Waals surface area contributed by atoms with Crippen LogP contribution in [0.4, 0.5) is 5.69 Å². The molecule has 2 heterocycles. The summed E-state index contributed by atoms with van der Waals surface area (Å²) in [6.45, 7) is 2.03. The number of carboxylic acid groups (broad SMARTS) is 2. The Kier molecular flexibility index (Phi) is 4.20. The highest BCUT2D eigenvalue weighted by molar-refractivity contribution is 6.40. The molecule has 132 valence electrons. The molecule has 0 spiro atoms. The van der Waals surface area contributed by atoms with Crippen molar-refractivity contribution >= 4 is 29.2 Å². The Morgan fingerprint density at radius 1 is 1.20 bits per heavy atom. The van der Waals surface area contributed by atoms with E-state index < -0.39 is 29.3 Å². The normalized spacial score (nSPS) is 25.8. The molecule has 1 fully saturated rings. The van der Waals surface area contributed by atoms with Crippen LogP contribution >= 0.6 is 0 Å². The fourth-order valence-corrected chi connectivity index (χ4v) is 3.14. The van der Waals surface area contributed by atoms with Gasteiger partial charge in [0.2, 0.25) is 0 Å². The maximum absolute atomic E-state index is 12.7. The number of carboxylic acids is 2. The molecule has 1 saturated heterocycles. The first kappa shape index (κ1) is 16.9. The monoisotopic (exact) mass is 345 g/mol. The fraction of sp³-hybridized carbons (Fsp3) is 0.412. The first-order chi connectivity index (χ1) is 11.8. The van der Waals surface area contributed by atoms with Crippen LogP contribution in [0.3, 0.4) is 0 Å². The molecule has 0 aromatic heterocycles. The van der Waals surface area contributed by atoms with Gasteiger partial charge in [-0.1, -0.05) is 18.2 Å². The molecule has 2 aliphatic rings. The third kappa shape index (κ3) is 3.07. The standard InChI is InChI=1S/C17H19N3O5/c1-17(16(24)25)7-8-19(10-17)14(21)12-9-13(15(22)23)20(18-12)11-5-3-2-4-6-11/h2-6,13H,7-10H2,1H3,(H,22,23)(H,24,25). The molecule has 0 bridgehead atoms. The van der Waals surface area contributed by atoms with Crippen molar-refractivity contribution in [1.82, 2.24) is 4.90 Å². The van der Waals surface area contributed by atoms with Crippen molar-refractivity contribution in [3.8, 4) is 0 Å². The topological polar surface area (TPSA) is 111 Å². The summed E-state index contributed by atoms with van der Waals surface area (Å²) < 4.78 is 0. The highest BCUT2D eigenvalue weighted by Gasteiger charge is 2.45. The van der Waals surface area contributed by atoms with Crippen LogP contribution in [0, 0.1) is 5.41 Å². The lowest BCUT2D eigenvalue weighted by Crippen LogP contribution is -2.39. The first-order valence-electron chi connectivity index (χ1n) is 7.99. The second-order valence-corrected chi connectivity index (χ2v) is 6.63. The van der Waals surface area contributed by atoms with Gasteiger partial charge in [0.25, 0.3) is 5.91 Å². The van der Waals surface area contributed by atoms with Crippen molar-refractivity contribution in [3.63, 3.8) is 0 Å². The largest absolute Gasteiger partial charge is 0.481 e. The highest BCUT2D eigenvalue weighted by Crippen LogP contribution is 2.31. The van der Waals surface area contributed by atoms with Gasteiger partial charge in [0.05, 0.1) is 11.1 Å². The van der Waals surface area contributed by atoms with Gasteiger partial charge in [-0.25, -0.2) is 4.79 Å². The van der Waals surface area contributed by atoms with Crippen LogP contribution in [-0.4, -0.2) is 57.8 Å². The van der Waals surface area contributed by atoms with Crippen molar-refractivity contribution in [2.24, 2.45) is 10.5 Å². The average Bonchev–Trinajstić information content (AvgIpc) is 3.20. The summed E-state index contributed by atoms with van der Waals surface area (Å²) in [6.07, 6.45) is 0.357. The van der Waals surface area contributed by atoms with Crippen LogP contribution in [-0.2, 0) is 14.4 Å². The molecule has 2 N–H and O–H groups in total. The highest BCUT2D eigenvalue weighted by atomic mass is 16.4. The number of carbonyl (C=O) groups excluding carboxylic acids is 1. The number of hydrogen-bond donors (Lipinski definition) is 2. The molecule has 1 aromatic rings. The summed E-state index contributed by atoms with van der Waals surface area (Å²) in [7, 11) is 0. The lowest BCUT2D eigenvalue weighted by Gasteiger charge is -2.19. The number of rotatable bonds is 4. The number of para-hydroxylation sites is 1. The van der Waals surface area contributed by atoms with Gasteiger partial charge in [0.1, 0.15) is 5.71 Å². The number of aliphatic carboxylic acids is 2. The minimum atomic E-state index is -1.06. The minimum absolute atomic E-state index is 0.0106. The van der Waals surface area contributed by atoms with Gasteiger partial charge < -0.3 is 15.1 Å². The number of hydrazone groups is 1. The Balaban J connectivity index is 1.82. The van der Waals surface area contributed by atoms with E-state index in [0.717, 1.165) is 0 Å². The molecule has 1 aromatic carbocycles. The Hall–Kier alpha value is -2.90. The smallest absolute Gasteiger partial charge is 0.328 e. The van der Waals surface area contributed by atoms with Crippen LogP contribution in [0.5, 0.6) is 0 Å². The number of carbonyl (C=O) groups is 3. The van der Waals surface area contributed by atoms with Crippen molar-refractivity contribution in [2.45, 2.75) is 25.8 Å². The van der Waals surface area contributed by atoms with E-state index in [1.54, 1.807) is 31.2 Å². The van der Waals surface area contributed by atoms with Gasteiger partial charge >= 0.3 is 11.9 Å². The fourth-order valence-electron chi connectivity index (χ4n) is 3.14. The maximum atomic E-state index is 12.7. The third-order valence-electron chi connectivity index (χ3n) is 4.74. The van der Waals surface area contributed by atoms with E-state index in [1.165, 1.54) is 9.91 Å². The Bertz CT molecular complexity index is 748. The molecule has 2 atom stereocenters. The molecular weight excluding hydrogens is 326 g/mol. The average molecular weight is 345 g/mol. The van der Waals surface area contributed by atoms with Crippen molar-refractivity contribution < 1.29 is 24.6 Å². The van der Waals surface area contributed by atoms with E-state index in [2.05, 4.69) is 5.10 Å². The predicted molar refractivity (Wildman–Crippen MR) is 89.3 cm³/mol. The van der Waals surface area contributed by atoms with Gasteiger partial charge in [0.15, 0.2) is 6.04 Å². The van der Waals surface area contributed by atoms with E-state index in [0.29, 0.717) is 18.7 Å². The molecule has 2 aliphatic heterocycles. The molecule has 0 radical (unpaired) electrons. The molecule has 3 rings (SSSR count). The van der Waals surface area contributed by atoms with Crippen molar-refractivity contribution in [3.05, 3.63) is 30.3 Å². The molecule has 25 heavy (non-hydrogen) atoms. The Morgan fingerprint density at radius 2 is 1.88 bits per heavy atom. The van der Waals surface area contributed by atoms with Crippen molar-refractivity contribution in [2.75, 3.05) is 18.1 Å². The third-order valence-corrected chi connectivity index (χ3v) is 4.74. The van der Waals surface area contributed by atoms with Gasteiger partial charge in [-0.05, 0) is 25.5 Å². The Labute approximate surface area is 144 Å². The molecule has 2 unspecified atom stereocenters.